The summed E-state index contributed by atoms with van der Waals surface area (Å²) < 4.78 is 8.02. The maximum absolute atomic E-state index is 11.4. The number of likely N-dealkylation sites (tertiary alicyclic amines) is 2. The molecular formula is C30H33N7O3. The predicted molar refractivity (Wildman–Crippen MR) is 151 cm³/mol. The number of anilines is 1. The molecule has 3 N–H and O–H groups in total. The second kappa shape index (κ2) is 10.1. The monoisotopic (exact) mass is 539 g/mol. The fraction of sp³-hybridized carbons (Fsp3) is 0.400. The summed E-state index contributed by atoms with van der Waals surface area (Å²) in [6, 6.07) is 18.4. The van der Waals surface area contributed by atoms with E-state index in [1.54, 1.807) is 4.90 Å². The molecule has 0 radical (unpaired) electrons. The third-order valence-corrected chi connectivity index (χ3v) is 8.98. The molecule has 7 rings (SSSR count). The quantitative estimate of drug-likeness (QED) is 0.367. The summed E-state index contributed by atoms with van der Waals surface area (Å²) in [5.41, 5.74) is 8.87. The van der Waals surface area contributed by atoms with Crippen molar-refractivity contribution in [3.63, 3.8) is 0 Å². The largest absolute Gasteiger partial charge is 0.465 e. The first kappa shape index (κ1) is 24.8. The number of aromatic nitrogens is 4. The molecule has 2 aromatic carbocycles. The number of nitrogens with zero attached hydrogens (tertiary/aromatic N) is 6. The van der Waals surface area contributed by atoms with Crippen LogP contribution in [0.4, 0.5) is 10.6 Å². The van der Waals surface area contributed by atoms with E-state index in [9.17, 15) is 9.90 Å². The van der Waals surface area contributed by atoms with E-state index in [1.165, 1.54) is 6.33 Å². The number of carboxylic acid groups (broad SMARTS) is 1. The lowest BCUT2D eigenvalue weighted by molar-refractivity contribution is 0.121. The Balaban J connectivity index is 1.07. The van der Waals surface area contributed by atoms with Crippen LogP contribution in [0, 0.1) is 11.8 Å². The van der Waals surface area contributed by atoms with E-state index < -0.39 is 6.09 Å². The van der Waals surface area contributed by atoms with E-state index >= 15 is 0 Å². The zero-order valence-electron chi connectivity index (χ0n) is 22.3. The topological polar surface area (TPSA) is 123 Å². The number of amides is 1. The molecule has 2 saturated heterocycles. The molecule has 40 heavy (non-hydrogen) atoms. The molecule has 3 atom stereocenters. The van der Waals surface area contributed by atoms with Gasteiger partial charge in [0, 0.05) is 37.8 Å². The van der Waals surface area contributed by atoms with Crippen molar-refractivity contribution >= 4 is 22.9 Å². The first-order valence-corrected chi connectivity index (χ1v) is 14.1. The Labute approximate surface area is 232 Å². The number of benzene rings is 2. The lowest BCUT2D eigenvalue weighted by Crippen LogP contribution is -2.42. The van der Waals surface area contributed by atoms with Crippen LogP contribution < -0.4 is 10.5 Å². The van der Waals surface area contributed by atoms with Crippen molar-refractivity contribution in [3.05, 3.63) is 60.9 Å². The van der Waals surface area contributed by atoms with E-state index in [0.29, 0.717) is 36.8 Å². The molecule has 10 nitrogen and oxygen atoms in total. The number of rotatable bonds is 5. The highest BCUT2D eigenvalue weighted by Crippen LogP contribution is 2.42. The van der Waals surface area contributed by atoms with Crippen LogP contribution in [0.25, 0.3) is 22.3 Å². The van der Waals surface area contributed by atoms with Crippen molar-refractivity contribution in [2.75, 3.05) is 31.9 Å². The average Bonchev–Trinajstić information content (AvgIpc) is 3.67. The number of nitrogen functional groups attached to an aromatic ring is 1. The fourth-order valence-corrected chi connectivity index (χ4v) is 6.98. The molecule has 1 saturated carbocycles. The molecule has 3 aliphatic rings. The van der Waals surface area contributed by atoms with Crippen molar-refractivity contribution in [3.8, 4) is 22.8 Å². The minimum absolute atomic E-state index is 0.228. The number of piperidine rings is 1. The molecule has 0 bridgehead atoms. The van der Waals surface area contributed by atoms with Crippen LogP contribution in [0.3, 0.4) is 0 Å². The third kappa shape index (κ3) is 4.52. The summed E-state index contributed by atoms with van der Waals surface area (Å²) >= 11 is 0. The summed E-state index contributed by atoms with van der Waals surface area (Å²) in [6.45, 7) is 3.38. The van der Waals surface area contributed by atoms with E-state index in [2.05, 4.69) is 19.5 Å². The molecule has 1 amide bonds. The van der Waals surface area contributed by atoms with Crippen LogP contribution >= 0.6 is 0 Å². The second-order valence-electron chi connectivity index (χ2n) is 11.3. The third-order valence-electron chi connectivity index (χ3n) is 8.98. The molecule has 1 unspecified atom stereocenters. The lowest BCUT2D eigenvalue weighted by atomic mass is 10.0. The van der Waals surface area contributed by atoms with Gasteiger partial charge in [-0.1, -0.05) is 18.2 Å². The standard InChI is InChI=1S/C30H33N7O3/c31-28-26-27(19-6-8-25(9-7-19)40-24-4-2-1-3-5-24)34-37(29(26)33-18-32-28)22-10-12-35(13-11-22)23-14-20-16-36(30(38)39)17-21(20)15-23/h1-9,18,20-23H,10-17H2,(H,38,39)(H2,31,32,33)/t20-,21+,23?. The highest BCUT2D eigenvalue weighted by Gasteiger charge is 2.44. The van der Waals surface area contributed by atoms with E-state index in [1.807, 2.05) is 54.6 Å². The number of carbonyl (C=O) groups is 1. The van der Waals surface area contributed by atoms with Crippen LogP contribution in [-0.4, -0.2) is 73.0 Å². The van der Waals surface area contributed by atoms with Gasteiger partial charge in [0.15, 0.2) is 5.65 Å². The van der Waals surface area contributed by atoms with Crippen LogP contribution in [0.1, 0.15) is 31.7 Å². The van der Waals surface area contributed by atoms with Crippen molar-refractivity contribution in [2.24, 2.45) is 11.8 Å². The van der Waals surface area contributed by atoms with Gasteiger partial charge in [0.05, 0.1) is 11.4 Å². The zero-order chi connectivity index (χ0) is 27.2. The Hall–Kier alpha value is -4.18. The van der Waals surface area contributed by atoms with Gasteiger partial charge in [-0.3, -0.25) is 0 Å². The molecule has 1 aliphatic carbocycles. The van der Waals surface area contributed by atoms with Gasteiger partial charge in [0.2, 0.25) is 0 Å². The SMILES string of the molecule is Nc1ncnc2c1c(-c1ccc(Oc3ccccc3)cc1)nn2C1CCN(C2C[C@@H]3CN(C(=O)O)C[C@@H]3C2)CC1. The van der Waals surface area contributed by atoms with E-state index in [4.69, 9.17) is 15.6 Å². The molecule has 10 heteroatoms. The molecular weight excluding hydrogens is 506 g/mol. The number of para-hydroxylation sites is 1. The van der Waals surface area contributed by atoms with Crippen molar-refractivity contribution in [1.29, 1.82) is 0 Å². The normalized spacial score (nSPS) is 23.5. The summed E-state index contributed by atoms with van der Waals surface area (Å²) in [7, 11) is 0. The predicted octanol–water partition coefficient (Wildman–Crippen LogP) is 4.89. The van der Waals surface area contributed by atoms with Crippen molar-refractivity contribution in [2.45, 2.75) is 37.8 Å². The fourth-order valence-electron chi connectivity index (χ4n) is 6.98. The minimum Gasteiger partial charge on any atom is -0.465 e. The van der Waals surface area contributed by atoms with Gasteiger partial charge in [0.25, 0.3) is 0 Å². The van der Waals surface area contributed by atoms with Gasteiger partial charge in [-0.2, -0.15) is 5.10 Å². The smallest absolute Gasteiger partial charge is 0.407 e. The maximum Gasteiger partial charge on any atom is 0.407 e. The van der Waals surface area contributed by atoms with E-state index in [0.717, 1.165) is 72.6 Å². The number of nitrogens with two attached hydrogens (primary N) is 1. The van der Waals surface area contributed by atoms with Gasteiger partial charge in [-0.15, -0.1) is 0 Å². The Kier molecular flexibility index (Phi) is 6.27. The van der Waals surface area contributed by atoms with Crippen LogP contribution in [0.2, 0.25) is 0 Å². The summed E-state index contributed by atoms with van der Waals surface area (Å²) in [6.07, 6.45) is 4.90. The Morgan fingerprint density at radius 3 is 2.25 bits per heavy atom. The van der Waals surface area contributed by atoms with Gasteiger partial charge < -0.3 is 25.4 Å². The molecule has 206 valence electrons. The van der Waals surface area contributed by atoms with Gasteiger partial charge in [-0.05, 0) is 73.9 Å². The Morgan fingerprint density at radius 1 is 0.900 bits per heavy atom. The summed E-state index contributed by atoms with van der Waals surface area (Å²) in [4.78, 5) is 24.5. The number of hydrogen-bond acceptors (Lipinski definition) is 7. The summed E-state index contributed by atoms with van der Waals surface area (Å²) in [5.74, 6) is 2.97. The number of ether oxygens (including phenoxy) is 1. The molecule has 0 spiro atoms. The first-order chi connectivity index (χ1) is 19.5. The van der Waals surface area contributed by atoms with Crippen LogP contribution in [0.5, 0.6) is 11.5 Å². The summed E-state index contributed by atoms with van der Waals surface area (Å²) in [5, 5.41) is 15.2. The minimum atomic E-state index is -0.779. The highest BCUT2D eigenvalue weighted by atomic mass is 16.5. The van der Waals surface area contributed by atoms with Crippen LogP contribution in [-0.2, 0) is 0 Å². The molecule has 4 aromatic rings. The van der Waals surface area contributed by atoms with Crippen molar-refractivity contribution < 1.29 is 14.6 Å². The van der Waals surface area contributed by atoms with Gasteiger partial charge in [0.1, 0.15) is 29.3 Å². The second-order valence-corrected chi connectivity index (χ2v) is 11.3. The van der Waals surface area contributed by atoms with Gasteiger partial charge in [-0.25, -0.2) is 19.4 Å². The number of hydrogen-bond donors (Lipinski definition) is 2. The maximum atomic E-state index is 11.4. The molecule has 2 aliphatic heterocycles. The Bertz CT molecular complexity index is 1500. The highest BCUT2D eigenvalue weighted by molar-refractivity contribution is 5.98. The molecule has 3 fully saturated rings. The first-order valence-electron chi connectivity index (χ1n) is 14.1. The molecule has 4 heterocycles. The van der Waals surface area contributed by atoms with Gasteiger partial charge >= 0.3 is 6.09 Å². The lowest BCUT2D eigenvalue weighted by Gasteiger charge is -2.36. The van der Waals surface area contributed by atoms with E-state index in [-0.39, 0.29) is 6.04 Å². The van der Waals surface area contributed by atoms with Crippen LogP contribution in [0.15, 0.2) is 60.9 Å². The number of fused-ring (bicyclic) bond motifs is 2. The zero-order valence-corrected chi connectivity index (χ0v) is 22.3. The van der Waals surface area contributed by atoms with Crippen molar-refractivity contribution in [1.82, 2.24) is 29.5 Å². The molecule has 2 aromatic heterocycles. The Morgan fingerprint density at radius 2 is 1.57 bits per heavy atom. The average molecular weight is 540 g/mol.